The minimum Gasteiger partial charge on any atom is -0.465 e. The lowest BCUT2D eigenvalue weighted by atomic mass is 9.83. The van der Waals surface area contributed by atoms with Crippen molar-refractivity contribution >= 4 is 11.8 Å². The van der Waals surface area contributed by atoms with Gasteiger partial charge in [-0.1, -0.05) is 30.4 Å². The molecular formula is C24H30O5. The van der Waals surface area contributed by atoms with Gasteiger partial charge in [0.2, 0.25) is 0 Å². The molecule has 5 heteroatoms. The molecule has 3 atom stereocenters. The van der Waals surface area contributed by atoms with Crippen molar-refractivity contribution in [2.24, 2.45) is 11.8 Å². The molecule has 156 valence electrons. The fourth-order valence-electron chi connectivity index (χ4n) is 4.42. The Kier molecular flexibility index (Phi) is 7.10. The Morgan fingerprint density at radius 1 is 1.21 bits per heavy atom. The van der Waals surface area contributed by atoms with Gasteiger partial charge in [0, 0.05) is 12.3 Å². The number of methoxy groups -OCH3 is 1. The Balaban J connectivity index is 1.58. The Morgan fingerprint density at radius 3 is 2.55 bits per heavy atom. The van der Waals surface area contributed by atoms with Crippen LogP contribution in [0.1, 0.15) is 67.3 Å². The van der Waals surface area contributed by atoms with E-state index in [-0.39, 0.29) is 24.1 Å². The lowest BCUT2D eigenvalue weighted by Gasteiger charge is -2.27. The van der Waals surface area contributed by atoms with E-state index < -0.39 is 17.6 Å². The predicted octanol–water partition coefficient (Wildman–Crippen LogP) is 3.06. The number of carbonyl (C=O) groups is 2. The first-order valence-electron chi connectivity index (χ1n) is 10.5. The summed E-state index contributed by atoms with van der Waals surface area (Å²) in [5.74, 6) is 5.11. The van der Waals surface area contributed by atoms with Gasteiger partial charge in [-0.05, 0) is 62.6 Å². The maximum Gasteiger partial charge on any atom is 0.337 e. The quantitative estimate of drug-likeness (QED) is 0.588. The van der Waals surface area contributed by atoms with E-state index in [1.807, 2.05) is 12.1 Å². The third kappa shape index (κ3) is 5.46. The lowest BCUT2D eigenvalue weighted by Crippen LogP contribution is -2.30. The van der Waals surface area contributed by atoms with E-state index >= 15 is 0 Å². The number of esters is 1. The number of hydrogen-bond acceptors (Lipinski definition) is 5. The zero-order valence-electron chi connectivity index (χ0n) is 17.0. The van der Waals surface area contributed by atoms with Gasteiger partial charge in [0.05, 0.1) is 24.7 Å². The van der Waals surface area contributed by atoms with E-state index in [0.29, 0.717) is 24.8 Å². The molecule has 2 fully saturated rings. The standard InChI is InChI=1S/C24H30O5/c1-29-23(27)18-10-8-17(9-11-18)6-5-7-19-20(22(26)16-21(19)25)12-15-24(28)13-3-2-4-14-24/h8-11,19-20,22,26,28H,2-7,13-14,16H2,1H3/t19-,20-,22-/m1/s1. The minimum atomic E-state index is -0.963. The third-order valence-electron chi connectivity index (χ3n) is 6.18. The normalized spacial score (nSPS) is 25.9. The smallest absolute Gasteiger partial charge is 0.337 e. The van der Waals surface area contributed by atoms with Gasteiger partial charge in [0.1, 0.15) is 11.4 Å². The van der Waals surface area contributed by atoms with Gasteiger partial charge < -0.3 is 14.9 Å². The molecule has 1 aromatic rings. The number of hydrogen-bond donors (Lipinski definition) is 2. The van der Waals surface area contributed by atoms with E-state index in [1.54, 1.807) is 12.1 Å². The van der Waals surface area contributed by atoms with Crippen molar-refractivity contribution in [3.63, 3.8) is 0 Å². The molecule has 2 aliphatic rings. The van der Waals surface area contributed by atoms with Crippen LogP contribution in [0.25, 0.3) is 0 Å². The number of benzene rings is 1. The van der Waals surface area contributed by atoms with Crippen molar-refractivity contribution in [2.45, 2.75) is 69.5 Å². The summed E-state index contributed by atoms with van der Waals surface area (Å²) >= 11 is 0. The Hall–Kier alpha value is -2.16. The van der Waals surface area contributed by atoms with Crippen LogP contribution in [0.2, 0.25) is 0 Å². The second kappa shape index (κ2) is 9.56. The molecule has 29 heavy (non-hydrogen) atoms. The number of rotatable bonds is 5. The van der Waals surface area contributed by atoms with Crippen LogP contribution in [-0.2, 0) is 16.0 Å². The maximum atomic E-state index is 12.4. The summed E-state index contributed by atoms with van der Waals surface area (Å²) in [6.07, 6.45) is 6.04. The van der Waals surface area contributed by atoms with Crippen LogP contribution in [0.5, 0.6) is 0 Å². The van der Waals surface area contributed by atoms with E-state index in [0.717, 1.165) is 37.7 Å². The highest BCUT2D eigenvalue weighted by Gasteiger charge is 2.40. The average molecular weight is 398 g/mol. The Bertz CT molecular complexity index is 780. The van der Waals surface area contributed by atoms with E-state index in [4.69, 9.17) is 4.74 Å². The van der Waals surface area contributed by atoms with E-state index in [2.05, 4.69) is 11.8 Å². The molecule has 0 aliphatic heterocycles. The molecule has 2 N–H and O–H groups in total. The highest BCUT2D eigenvalue weighted by atomic mass is 16.5. The molecule has 0 aromatic heterocycles. The van der Waals surface area contributed by atoms with Crippen LogP contribution in [0.4, 0.5) is 0 Å². The van der Waals surface area contributed by atoms with Crippen LogP contribution in [0, 0.1) is 23.7 Å². The first kappa shape index (κ1) is 21.5. The molecule has 0 saturated heterocycles. The molecule has 0 heterocycles. The summed E-state index contributed by atoms with van der Waals surface area (Å²) < 4.78 is 4.70. The molecule has 2 saturated carbocycles. The van der Waals surface area contributed by atoms with Gasteiger partial charge in [-0.25, -0.2) is 4.79 Å². The number of Topliss-reactive ketones (excluding diaryl/α,β-unsaturated/α-hetero) is 1. The summed E-state index contributed by atoms with van der Waals surface area (Å²) in [6, 6.07) is 7.27. The first-order valence-corrected chi connectivity index (χ1v) is 10.5. The van der Waals surface area contributed by atoms with Crippen molar-refractivity contribution in [3.05, 3.63) is 35.4 Å². The number of carbonyl (C=O) groups excluding carboxylic acids is 2. The fourth-order valence-corrected chi connectivity index (χ4v) is 4.42. The number of ether oxygens (including phenoxy) is 1. The van der Waals surface area contributed by atoms with Crippen molar-refractivity contribution in [2.75, 3.05) is 7.11 Å². The maximum absolute atomic E-state index is 12.4. The van der Waals surface area contributed by atoms with Crippen molar-refractivity contribution < 1.29 is 24.5 Å². The average Bonchev–Trinajstić information content (AvgIpc) is 2.99. The van der Waals surface area contributed by atoms with Crippen LogP contribution >= 0.6 is 0 Å². The molecule has 0 spiro atoms. The first-order chi connectivity index (χ1) is 13.9. The van der Waals surface area contributed by atoms with E-state index in [9.17, 15) is 19.8 Å². The van der Waals surface area contributed by atoms with Gasteiger partial charge in [0.25, 0.3) is 0 Å². The lowest BCUT2D eigenvalue weighted by molar-refractivity contribution is -0.121. The summed E-state index contributed by atoms with van der Waals surface area (Å²) in [4.78, 5) is 23.9. The number of aliphatic hydroxyl groups is 2. The van der Waals surface area contributed by atoms with Crippen LogP contribution in [0.15, 0.2) is 24.3 Å². The predicted molar refractivity (Wildman–Crippen MR) is 109 cm³/mol. The number of ketones is 1. The molecule has 0 amide bonds. The van der Waals surface area contributed by atoms with Crippen molar-refractivity contribution in [3.8, 4) is 11.8 Å². The SMILES string of the molecule is COC(=O)c1ccc(CCC[C@H]2C(=O)C[C@@H](O)[C@@H]2C#CC2(O)CCCCC2)cc1. The molecule has 1 aromatic carbocycles. The van der Waals surface area contributed by atoms with Crippen LogP contribution < -0.4 is 0 Å². The van der Waals surface area contributed by atoms with Crippen molar-refractivity contribution in [1.29, 1.82) is 0 Å². The van der Waals surface area contributed by atoms with Gasteiger partial charge in [-0.15, -0.1) is 0 Å². The largest absolute Gasteiger partial charge is 0.465 e. The zero-order chi connectivity index (χ0) is 20.9. The molecule has 3 rings (SSSR count). The topological polar surface area (TPSA) is 83.8 Å². The Labute approximate surface area is 172 Å². The van der Waals surface area contributed by atoms with E-state index in [1.165, 1.54) is 7.11 Å². The molecule has 0 bridgehead atoms. The summed E-state index contributed by atoms with van der Waals surface area (Å²) in [7, 11) is 1.36. The molecule has 2 aliphatic carbocycles. The van der Waals surface area contributed by atoms with Crippen LogP contribution in [0.3, 0.4) is 0 Å². The van der Waals surface area contributed by atoms with Crippen LogP contribution in [-0.4, -0.2) is 40.8 Å². The van der Waals surface area contributed by atoms with Gasteiger partial charge in [0.15, 0.2) is 0 Å². The molecule has 0 unspecified atom stereocenters. The highest BCUT2D eigenvalue weighted by Crippen LogP contribution is 2.34. The van der Waals surface area contributed by atoms with Gasteiger partial charge in [-0.2, -0.15) is 0 Å². The highest BCUT2D eigenvalue weighted by molar-refractivity contribution is 5.89. The fraction of sp³-hybridized carbons (Fsp3) is 0.583. The second-order valence-electron chi connectivity index (χ2n) is 8.31. The monoisotopic (exact) mass is 398 g/mol. The number of aliphatic hydroxyl groups excluding tert-OH is 1. The van der Waals surface area contributed by atoms with Gasteiger partial charge >= 0.3 is 5.97 Å². The summed E-state index contributed by atoms with van der Waals surface area (Å²) in [6.45, 7) is 0. The Morgan fingerprint density at radius 2 is 1.90 bits per heavy atom. The molecule has 0 radical (unpaired) electrons. The zero-order valence-corrected chi connectivity index (χ0v) is 17.0. The third-order valence-corrected chi connectivity index (χ3v) is 6.18. The summed E-state index contributed by atoms with van der Waals surface area (Å²) in [5, 5.41) is 20.9. The summed E-state index contributed by atoms with van der Waals surface area (Å²) in [5.41, 5.74) is 0.638. The van der Waals surface area contributed by atoms with Crippen molar-refractivity contribution in [1.82, 2.24) is 0 Å². The number of aryl methyl sites for hydroxylation is 1. The van der Waals surface area contributed by atoms with Gasteiger partial charge in [-0.3, -0.25) is 4.79 Å². The molecule has 5 nitrogen and oxygen atoms in total. The minimum absolute atomic E-state index is 0.0634. The molecular weight excluding hydrogens is 368 g/mol. The second-order valence-corrected chi connectivity index (χ2v) is 8.31.